The van der Waals surface area contributed by atoms with E-state index in [4.69, 9.17) is 17.3 Å². The highest BCUT2D eigenvalue weighted by molar-refractivity contribution is 7.92. The number of sulfonamides is 1. The molecule has 21 heavy (non-hydrogen) atoms. The number of nitrogens with two attached hydrogens (primary N) is 1. The fraction of sp³-hybridized carbons (Fsp3) is 0.0769. The predicted molar refractivity (Wildman–Crippen MR) is 77.8 cm³/mol. The van der Waals surface area contributed by atoms with Crippen molar-refractivity contribution in [3.05, 3.63) is 52.6 Å². The molecule has 2 aromatic rings. The lowest BCUT2D eigenvalue weighted by Crippen LogP contribution is -2.15. The van der Waals surface area contributed by atoms with Crippen LogP contribution in [0.5, 0.6) is 0 Å². The minimum absolute atomic E-state index is 0.0180. The molecule has 0 fully saturated rings. The zero-order valence-corrected chi connectivity index (χ0v) is 12.4. The first-order valence-electron chi connectivity index (χ1n) is 5.74. The van der Waals surface area contributed by atoms with E-state index in [1.54, 1.807) is 0 Å². The number of hydrogen-bond acceptors (Lipinski definition) is 3. The maximum Gasteiger partial charge on any atom is 0.262 e. The summed E-state index contributed by atoms with van der Waals surface area (Å²) < 4.78 is 53.3. The third-order valence-electron chi connectivity index (χ3n) is 2.78. The summed E-state index contributed by atoms with van der Waals surface area (Å²) in [5.41, 5.74) is 5.44. The number of rotatable bonds is 3. The van der Waals surface area contributed by atoms with Crippen LogP contribution in [0.25, 0.3) is 0 Å². The zero-order valence-electron chi connectivity index (χ0n) is 10.8. The number of benzene rings is 2. The van der Waals surface area contributed by atoms with E-state index in [1.807, 2.05) is 0 Å². The Morgan fingerprint density at radius 1 is 1.14 bits per heavy atom. The van der Waals surface area contributed by atoms with Crippen LogP contribution >= 0.6 is 11.6 Å². The third kappa shape index (κ3) is 3.25. The van der Waals surface area contributed by atoms with Gasteiger partial charge in [-0.1, -0.05) is 11.6 Å². The standard InChI is InChI=1S/C13H11ClF2N2O2S/c1-7-12(16)4-8(17)5-13(7)21(19,20)18-9-2-3-11(15)10(14)6-9/h2-6,18H,17H2,1H3. The molecule has 0 bridgehead atoms. The predicted octanol–water partition coefficient (Wildman–Crippen LogP) is 3.31. The van der Waals surface area contributed by atoms with E-state index >= 15 is 0 Å². The second kappa shape index (κ2) is 5.50. The minimum Gasteiger partial charge on any atom is -0.399 e. The zero-order chi connectivity index (χ0) is 15.8. The summed E-state index contributed by atoms with van der Waals surface area (Å²) in [6, 6.07) is 5.52. The lowest BCUT2D eigenvalue weighted by molar-refractivity contribution is 0.591. The van der Waals surface area contributed by atoms with Crippen LogP contribution in [0.3, 0.4) is 0 Å². The number of hydrogen-bond donors (Lipinski definition) is 2. The average Bonchev–Trinajstić information content (AvgIpc) is 2.37. The van der Waals surface area contributed by atoms with Crippen molar-refractivity contribution in [1.82, 2.24) is 0 Å². The van der Waals surface area contributed by atoms with Gasteiger partial charge in [0.2, 0.25) is 0 Å². The summed E-state index contributed by atoms with van der Waals surface area (Å²) >= 11 is 5.58. The van der Waals surface area contributed by atoms with Crippen molar-refractivity contribution in [3.63, 3.8) is 0 Å². The fourth-order valence-corrected chi connectivity index (χ4v) is 3.24. The van der Waals surface area contributed by atoms with E-state index in [0.29, 0.717) is 0 Å². The molecule has 3 N–H and O–H groups in total. The normalized spacial score (nSPS) is 11.4. The molecule has 8 heteroatoms. The van der Waals surface area contributed by atoms with Gasteiger partial charge in [-0.25, -0.2) is 17.2 Å². The van der Waals surface area contributed by atoms with Gasteiger partial charge >= 0.3 is 0 Å². The van der Waals surface area contributed by atoms with Crippen LogP contribution in [0, 0.1) is 18.6 Å². The van der Waals surface area contributed by atoms with Crippen molar-refractivity contribution in [1.29, 1.82) is 0 Å². The monoisotopic (exact) mass is 332 g/mol. The first kappa shape index (κ1) is 15.5. The van der Waals surface area contributed by atoms with Crippen LogP contribution in [-0.2, 0) is 10.0 Å². The van der Waals surface area contributed by atoms with E-state index in [2.05, 4.69) is 4.72 Å². The highest BCUT2D eigenvalue weighted by Gasteiger charge is 2.20. The van der Waals surface area contributed by atoms with Crippen molar-refractivity contribution in [3.8, 4) is 0 Å². The van der Waals surface area contributed by atoms with Crippen LogP contribution in [-0.4, -0.2) is 8.42 Å². The topological polar surface area (TPSA) is 72.2 Å². The van der Waals surface area contributed by atoms with Gasteiger partial charge in [0.1, 0.15) is 11.6 Å². The first-order chi connectivity index (χ1) is 9.70. The molecule has 112 valence electrons. The number of halogens is 3. The van der Waals surface area contributed by atoms with E-state index < -0.39 is 21.7 Å². The highest BCUT2D eigenvalue weighted by Crippen LogP contribution is 2.26. The van der Waals surface area contributed by atoms with Crippen LogP contribution < -0.4 is 10.5 Å². The molecule has 0 atom stereocenters. The van der Waals surface area contributed by atoms with Crippen molar-refractivity contribution < 1.29 is 17.2 Å². The molecule has 0 saturated carbocycles. The number of nitrogen functional groups attached to an aromatic ring is 1. The van der Waals surface area contributed by atoms with Gasteiger partial charge in [-0.15, -0.1) is 0 Å². The van der Waals surface area contributed by atoms with Gasteiger partial charge in [0.15, 0.2) is 0 Å². The van der Waals surface area contributed by atoms with Gasteiger partial charge < -0.3 is 5.73 Å². The van der Waals surface area contributed by atoms with Gasteiger partial charge in [0.05, 0.1) is 15.6 Å². The SMILES string of the molecule is Cc1c(F)cc(N)cc1S(=O)(=O)Nc1ccc(F)c(Cl)c1. The lowest BCUT2D eigenvalue weighted by atomic mass is 10.2. The van der Waals surface area contributed by atoms with Gasteiger partial charge in [0.25, 0.3) is 10.0 Å². The van der Waals surface area contributed by atoms with Crippen LogP contribution in [0.4, 0.5) is 20.2 Å². The van der Waals surface area contributed by atoms with Crippen LogP contribution in [0.2, 0.25) is 5.02 Å². The maximum atomic E-state index is 13.6. The van der Waals surface area contributed by atoms with Gasteiger partial charge in [-0.2, -0.15) is 0 Å². The Morgan fingerprint density at radius 3 is 2.43 bits per heavy atom. The smallest absolute Gasteiger partial charge is 0.262 e. The first-order valence-corrected chi connectivity index (χ1v) is 7.60. The summed E-state index contributed by atoms with van der Waals surface area (Å²) in [7, 11) is -4.07. The van der Waals surface area contributed by atoms with Crippen LogP contribution in [0.1, 0.15) is 5.56 Å². The molecule has 0 spiro atoms. The Hall–Kier alpha value is -1.86. The second-order valence-corrected chi connectivity index (χ2v) is 6.42. The molecular formula is C13H11ClF2N2O2S. The molecule has 0 saturated heterocycles. The molecule has 4 nitrogen and oxygen atoms in total. The molecule has 0 unspecified atom stereocenters. The molecular weight excluding hydrogens is 322 g/mol. The Labute approximate surface area is 125 Å². The Bertz CT molecular complexity index is 810. The Balaban J connectivity index is 2.45. The maximum absolute atomic E-state index is 13.6. The molecule has 0 aliphatic rings. The molecule has 0 radical (unpaired) electrons. The highest BCUT2D eigenvalue weighted by atomic mass is 35.5. The van der Waals surface area contributed by atoms with Gasteiger partial charge in [0, 0.05) is 11.3 Å². The van der Waals surface area contributed by atoms with E-state index in [0.717, 1.165) is 24.3 Å². The summed E-state index contributed by atoms with van der Waals surface area (Å²) in [5, 5.41) is -0.231. The van der Waals surface area contributed by atoms with Gasteiger partial charge in [-0.05, 0) is 37.3 Å². The molecule has 2 rings (SSSR count). The quantitative estimate of drug-likeness (QED) is 0.847. The fourth-order valence-electron chi connectivity index (χ4n) is 1.72. The van der Waals surface area contributed by atoms with E-state index in [-0.39, 0.29) is 26.9 Å². The van der Waals surface area contributed by atoms with E-state index in [9.17, 15) is 17.2 Å². The molecule has 0 aliphatic heterocycles. The van der Waals surface area contributed by atoms with Gasteiger partial charge in [-0.3, -0.25) is 4.72 Å². The largest absolute Gasteiger partial charge is 0.399 e. The molecule has 2 aromatic carbocycles. The third-order valence-corrected chi connectivity index (χ3v) is 4.58. The Morgan fingerprint density at radius 2 is 1.81 bits per heavy atom. The van der Waals surface area contributed by atoms with Crippen molar-refractivity contribution in [2.45, 2.75) is 11.8 Å². The summed E-state index contributed by atoms with van der Waals surface area (Å²) in [5.74, 6) is -1.40. The second-order valence-electron chi connectivity index (χ2n) is 4.36. The summed E-state index contributed by atoms with van der Waals surface area (Å²) in [6.45, 7) is 1.32. The van der Waals surface area contributed by atoms with Crippen molar-refractivity contribution in [2.75, 3.05) is 10.5 Å². The molecule has 0 heterocycles. The summed E-state index contributed by atoms with van der Waals surface area (Å²) in [6.07, 6.45) is 0. The van der Waals surface area contributed by atoms with E-state index in [1.165, 1.54) is 13.0 Å². The van der Waals surface area contributed by atoms with Crippen molar-refractivity contribution in [2.24, 2.45) is 0 Å². The number of anilines is 2. The Kier molecular flexibility index (Phi) is 4.06. The molecule has 0 aromatic heterocycles. The lowest BCUT2D eigenvalue weighted by Gasteiger charge is -2.12. The minimum atomic E-state index is -4.07. The molecule has 0 amide bonds. The molecule has 0 aliphatic carbocycles. The number of nitrogens with one attached hydrogen (secondary N) is 1. The average molecular weight is 333 g/mol. The van der Waals surface area contributed by atoms with Crippen molar-refractivity contribution >= 4 is 33.0 Å². The van der Waals surface area contributed by atoms with Crippen LogP contribution in [0.15, 0.2) is 35.2 Å². The summed E-state index contributed by atoms with van der Waals surface area (Å²) in [4.78, 5) is -0.291.